The topological polar surface area (TPSA) is 197 Å². The molecule has 0 aliphatic carbocycles. The lowest BCUT2D eigenvalue weighted by molar-refractivity contribution is -0.121. The van der Waals surface area contributed by atoms with Crippen molar-refractivity contribution in [3.63, 3.8) is 0 Å². The Morgan fingerprint density at radius 3 is 2.13 bits per heavy atom. The number of carbonyl (C=O) groups is 6. The second kappa shape index (κ2) is 27.5. The summed E-state index contributed by atoms with van der Waals surface area (Å²) in [6, 6.07) is 12.7. The van der Waals surface area contributed by atoms with Gasteiger partial charge < -0.3 is 44.8 Å². The summed E-state index contributed by atoms with van der Waals surface area (Å²) in [4.78, 5) is 96.4. The van der Waals surface area contributed by atoms with Crippen LogP contribution in [0.25, 0.3) is 11.3 Å². The van der Waals surface area contributed by atoms with Gasteiger partial charge in [0.25, 0.3) is 5.91 Å². The van der Waals surface area contributed by atoms with E-state index in [-0.39, 0.29) is 53.2 Å². The molecular formula is C50H64F2N12O6. The fourth-order valence-electron chi connectivity index (χ4n) is 7.21. The minimum Gasteiger partial charge on any atom is -0.368 e. The van der Waals surface area contributed by atoms with Gasteiger partial charge >= 0.3 is 0 Å². The SMILES string of the molecule is C/C=C/C=O.CC(=Nc1ccc(-c2nc(Nc3ccc(N4CCN(C=O)CC4)cn3)ncc2F)cc1F)N(C)C(C)C.CNC(=O)CCC(C=O)N(C)C(=O)c1cccc(N2CCN(C)CC2)c1C=O. The third-order valence-corrected chi connectivity index (χ3v) is 11.8. The summed E-state index contributed by atoms with van der Waals surface area (Å²) in [6.07, 6.45) is 9.23. The van der Waals surface area contributed by atoms with Gasteiger partial charge in [-0.25, -0.2) is 28.7 Å². The summed E-state index contributed by atoms with van der Waals surface area (Å²) < 4.78 is 29.4. The summed E-state index contributed by atoms with van der Waals surface area (Å²) in [5, 5.41) is 5.46. The molecule has 2 aromatic heterocycles. The number of hydrogen-bond acceptors (Lipinski definition) is 14. The average Bonchev–Trinajstić information content (AvgIpc) is 3.37. The minimum absolute atomic E-state index is 0.0346. The first-order valence-corrected chi connectivity index (χ1v) is 22.9. The molecule has 0 saturated carbocycles. The maximum atomic E-state index is 14.8. The number of aliphatic imine (C=N–C) groups is 1. The second-order valence-corrected chi connectivity index (χ2v) is 16.7. The minimum atomic E-state index is -0.739. The van der Waals surface area contributed by atoms with Crippen molar-refractivity contribution in [1.82, 2.24) is 39.9 Å². The Bertz CT molecular complexity index is 2460. The van der Waals surface area contributed by atoms with Crippen molar-refractivity contribution in [2.45, 2.75) is 52.6 Å². The fraction of sp³-hybridized carbons (Fsp3) is 0.400. The maximum absolute atomic E-state index is 14.8. The number of aldehydes is 3. The molecule has 374 valence electrons. The van der Waals surface area contributed by atoms with E-state index in [9.17, 15) is 37.5 Å². The first-order valence-electron chi connectivity index (χ1n) is 22.9. The third kappa shape index (κ3) is 15.5. The maximum Gasteiger partial charge on any atom is 0.255 e. The zero-order valence-electron chi connectivity index (χ0n) is 41.1. The lowest BCUT2D eigenvalue weighted by atomic mass is 10.0. The molecular weight excluding hydrogens is 903 g/mol. The quantitative estimate of drug-likeness (QED) is 0.0626. The van der Waals surface area contributed by atoms with Gasteiger partial charge in [0.2, 0.25) is 18.3 Å². The van der Waals surface area contributed by atoms with Gasteiger partial charge in [-0.15, -0.1) is 0 Å². The molecule has 3 amide bonds. The molecule has 2 fully saturated rings. The highest BCUT2D eigenvalue weighted by molar-refractivity contribution is 6.05. The predicted octanol–water partition coefficient (Wildman–Crippen LogP) is 5.41. The van der Waals surface area contributed by atoms with Gasteiger partial charge in [-0.1, -0.05) is 18.2 Å². The van der Waals surface area contributed by atoms with Crippen molar-refractivity contribution >= 4 is 71.7 Å². The highest BCUT2D eigenvalue weighted by Crippen LogP contribution is 2.29. The molecule has 20 heteroatoms. The number of rotatable bonds is 16. The van der Waals surface area contributed by atoms with Crippen LogP contribution in [-0.4, -0.2) is 170 Å². The Labute approximate surface area is 408 Å². The van der Waals surface area contributed by atoms with Crippen molar-refractivity contribution in [2.75, 3.05) is 95.7 Å². The van der Waals surface area contributed by atoms with E-state index < -0.39 is 23.6 Å². The number of hydrogen-bond donors (Lipinski definition) is 2. The van der Waals surface area contributed by atoms with Gasteiger partial charge in [0.15, 0.2) is 12.1 Å². The van der Waals surface area contributed by atoms with Gasteiger partial charge in [0.1, 0.15) is 41.4 Å². The fourth-order valence-corrected chi connectivity index (χ4v) is 7.21. The zero-order valence-corrected chi connectivity index (χ0v) is 41.1. The van der Waals surface area contributed by atoms with E-state index in [1.54, 1.807) is 48.4 Å². The summed E-state index contributed by atoms with van der Waals surface area (Å²) in [5.74, 6) is -0.572. The summed E-state index contributed by atoms with van der Waals surface area (Å²) in [5.41, 5.74) is 2.67. The Balaban J connectivity index is 0.000000287. The lowest BCUT2D eigenvalue weighted by Crippen LogP contribution is -2.45. The molecule has 0 spiro atoms. The third-order valence-electron chi connectivity index (χ3n) is 11.8. The molecule has 6 rings (SSSR count). The van der Waals surface area contributed by atoms with E-state index in [1.165, 1.54) is 37.2 Å². The number of amides is 3. The molecule has 70 heavy (non-hydrogen) atoms. The van der Waals surface area contributed by atoms with Crippen LogP contribution in [-0.2, 0) is 19.2 Å². The number of anilines is 4. The number of nitrogens with zero attached hydrogens (tertiary/aromatic N) is 10. The molecule has 0 radical (unpaired) electrons. The molecule has 0 bridgehead atoms. The van der Waals surface area contributed by atoms with Crippen LogP contribution in [0.15, 0.2) is 78.1 Å². The summed E-state index contributed by atoms with van der Waals surface area (Å²) >= 11 is 0. The van der Waals surface area contributed by atoms with E-state index in [0.717, 1.165) is 69.5 Å². The largest absolute Gasteiger partial charge is 0.368 e. The monoisotopic (exact) mass is 967 g/mol. The molecule has 18 nitrogen and oxygen atoms in total. The van der Waals surface area contributed by atoms with Crippen LogP contribution >= 0.6 is 0 Å². The Kier molecular flexibility index (Phi) is 21.7. The number of benzene rings is 2. The van der Waals surface area contributed by atoms with Crippen molar-refractivity contribution in [2.24, 2.45) is 4.99 Å². The lowest BCUT2D eigenvalue weighted by Gasteiger charge is -2.35. The number of amidine groups is 1. The number of pyridine rings is 1. The van der Waals surface area contributed by atoms with E-state index in [1.807, 2.05) is 51.9 Å². The van der Waals surface area contributed by atoms with Crippen LogP contribution in [0.1, 0.15) is 61.3 Å². The first-order chi connectivity index (χ1) is 33.6. The number of likely N-dealkylation sites (N-methyl/N-ethyl adjacent to an activating group) is 2. The number of carbonyl (C=O) groups excluding carboxylic acids is 6. The molecule has 2 aliphatic rings. The Morgan fingerprint density at radius 2 is 1.57 bits per heavy atom. The van der Waals surface area contributed by atoms with Gasteiger partial charge in [-0.05, 0) is 83.6 Å². The molecule has 4 aromatic rings. The molecule has 4 heterocycles. The molecule has 1 atom stereocenters. The second-order valence-electron chi connectivity index (χ2n) is 16.7. The van der Waals surface area contributed by atoms with E-state index in [2.05, 4.69) is 45.3 Å². The van der Waals surface area contributed by atoms with Crippen LogP contribution < -0.4 is 20.4 Å². The predicted molar refractivity (Wildman–Crippen MR) is 268 cm³/mol. The highest BCUT2D eigenvalue weighted by atomic mass is 19.1. The smallest absolute Gasteiger partial charge is 0.255 e. The zero-order chi connectivity index (χ0) is 51.3. The molecule has 1 unspecified atom stereocenters. The number of aromatic nitrogens is 3. The van der Waals surface area contributed by atoms with Crippen molar-refractivity contribution < 1.29 is 37.5 Å². The van der Waals surface area contributed by atoms with Gasteiger partial charge in [-0.2, -0.15) is 0 Å². The highest BCUT2D eigenvalue weighted by Gasteiger charge is 2.26. The normalized spacial score (nSPS) is 14.4. The van der Waals surface area contributed by atoms with Gasteiger partial charge in [0.05, 0.1) is 35.2 Å². The van der Waals surface area contributed by atoms with Crippen LogP contribution in [0.2, 0.25) is 0 Å². The molecule has 2 N–H and O–H groups in total. The first kappa shape index (κ1) is 55.1. The molecule has 2 aromatic carbocycles. The summed E-state index contributed by atoms with van der Waals surface area (Å²) in [6.45, 7) is 13.7. The van der Waals surface area contributed by atoms with Crippen molar-refractivity contribution in [1.29, 1.82) is 0 Å². The number of allylic oxidation sites excluding steroid dienone is 2. The molecule has 2 saturated heterocycles. The van der Waals surface area contributed by atoms with Crippen molar-refractivity contribution in [3.05, 3.63) is 95.8 Å². The van der Waals surface area contributed by atoms with E-state index in [0.29, 0.717) is 42.9 Å². The van der Waals surface area contributed by atoms with Gasteiger partial charge in [0, 0.05) is 97.2 Å². The van der Waals surface area contributed by atoms with Crippen LogP contribution in [0.4, 0.5) is 37.6 Å². The number of piperazine rings is 2. The Morgan fingerprint density at radius 1 is 0.871 bits per heavy atom. The Hall–Kier alpha value is -7.48. The van der Waals surface area contributed by atoms with E-state index >= 15 is 0 Å². The summed E-state index contributed by atoms with van der Waals surface area (Å²) in [7, 11) is 6.97. The van der Waals surface area contributed by atoms with E-state index in [4.69, 9.17) is 0 Å². The molecule has 2 aliphatic heterocycles. The van der Waals surface area contributed by atoms with Crippen LogP contribution in [0.5, 0.6) is 0 Å². The number of nitrogens with one attached hydrogen (secondary N) is 2. The van der Waals surface area contributed by atoms with Crippen LogP contribution in [0.3, 0.4) is 0 Å². The average molecular weight is 967 g/mol. The number of halogens is 2. The van der Waals surface area contributed by atoms with Gasteiger partial charge in [-0.3, -0.25) is 24.0 Å². The standard InChI is InChI=1S/C26H30F2N8O.C20H28N4O4.C4H6O/c1-17(2)34(4)18(3)31-23-7-5-19(13-21(23)27)25-22(28)15-30-26(33-25)32-24-8-6-20(14-29-24)36-11-9-35(16-37)10-12-36;1-21-19(27)8-7-15(13-25)23(3)20(28)16-5-4-6-18(17(16)14-26)24-11-9-22(2)10-12-24;1-2-3-4-5/h5-8,13-17H,9-12H2,1-4H3,(H,29,30,32,33);4-6,13-15H,7-12H2,1-3H3,(H,21,27);2-4H,1H3/b;;3-2+. The van der Waals surface area contributed by atoms with Crippen LogP contribution in [0, 0.1) is 11.6 Å². The van der Waals surface area contributed by atoms with Crippen molar-refractivity contribution in [3.8, 4) is 11.3 Å².